The Balaban J connectivity index is 2.65. The van der Waals surface area contributed by atoms with Crippen molar-refractivity contribution in [3.63, 3.8) is 0 Å². The lowest BCUT2D eigenvalue weighted by atomic mass is 10.3. The molecule has 1 aromatic rings. The monoisotopic (exact) mass is 243 g/mol. The maximum Gasteiger partial charge on any atom is 0.149 e. The lowest BCUT2D eigenvalue weighted by Gasteiger charge is -2.14. The summed E-state index contributed by atoms with van der Waals surface area (Å²) in [6, 6.07) is 3.51. The molecule has 0 saturated heterocycles. The Kier molecular flexibility index (Phi) is 4.12. The number of nitrogens with one attached hydrogen (secondary N) is 2. The molecule has 0 amide bonds. The van der Waals surface area contributed by atoms with Gasteiger partial charge in [-0.05, 0) is 13.0 Å². The first-order valence-electron chi connectivity index (χ1n) is 4.99. The molecule has 0 aliphatic rings. The predicted molar refractivity (Wildman–Crippen MR) is 66.6 cm³/mol. The van der Waals surface area contributed by atoms with Crippen LogP contribution < -0.4 is 10.6 Å². The van der Waals surface area contributed by atoms with E-state index < -0.39 is 9.84 Å². The molecule has 90 valence electrons. The minimum Gasteiger partial charge on any atom is -0.381 e. The Hall–Kier alpha value is -1.30. The molecule has 1 rings (SSSR count). The van der Waals surface area contributed by atoms with Crippen LogP contribution in [0.1, 0.15) is 6.92 Å². The Morgan fingerprint density at radius 2 is 2.19 bits per heavy atom. The van der Waals surface area contributed by atoms with Crippen molar-refractivity contribution < 1.29 is 8.42 Å². The quantitative estimate of drug-likeness (QED) is 0.806. The van der Waals surface area contributed by atoms with E-state index in [1.54, 1.807) is 19.3 Å². The molecule has 16 heavy (non-hydrogen) atoms. The Morgan fingerprint density at radius 1 is 1.50 bits per heavy atom. The molecule has 0 radical (unpaired) electrons. The SMILES string of the molecule is CNc1cc(NC(C)CS(C)(=O)=O)ccn1. The smallest absolute Gasteiger partial charge is 0.149 e. The molecular formula is C10H17N3O2S. The minimum atomic E-state index is -2.95. The first-order valence-corrected chi connectivity index (χ1v) is 7.05. The second kappa shape index (κ2) is 5.16. The zero-order valence-electron chi connectivity index (χ0n) is 9.69. The van der Waals surface area contributed by atoms with E-state index in [0.717, 1.165) is 11.5 Å². The summed E-state index contributed by atoms with van der Waals surface area (Å²) in [5.74, 6) is 0.862. The van der Waals surface area contributed by atoms with Gasteiger partial charge in [-0.2, -0.15) is 0 Å². The van der Waals surface area contributed by atoms with Crippen molar-refractivity contribution in [3.8, 4) is 0 Å². The lowest BCUT2D eigenvalue weighted by molar-refractivity contribution is 0.598. The highest BCUT2D eigenvalue weighted by molar-refractivity contribution is 7.90. The molecule has 5 nitrogen and oxygen atoms in total. The average Bonchev–Trinajstić information content (AvgIpc) is 2.15. The summed E-state index contributed by atoms with van der Waals surface area (Å²) in [7, 11) is -1.17. The molecule has 0 aliphatic carbocycles. The molecule has 0 fully saturated rings. The van der Waals surface area contributed by atoms with Crippen LogP contribution in [-0.4, -0.2) is 38.5 Å². The first-order chi connectivity index (χ1) is 7.40. The normalized spacial score (nSPS) is 13.2. The third kappa shape index (κ3) is 4.48. The van der Waals surface area contributed by atoms with Gasteiger partial charge in [0.15, 0.2) is 0 Å². The molecule has 1 aromatic heterocycles. The van der Waals surface area contributed by atoms with Crippen molar-refractivity contribution in [2.45, 2.75) is 13.0 Å². The molecule has 0 aromatic carbocycles. The van der Waals surface area contributed by atoms with Gasteiger partial charge in [-0.15, -0.1) is 0 Å². The van der Waals surface area contributed by atoms with Gasteiger partial charge < -0.3 is 10.6 Å². The molecule has 0 aliphatic heterocycles. The van der Waals surface area contributed by atoms with E-state index >= 15 is 0 Å². The minimum absolute atomic E-state index is 0.115. The number of hydrogen-bond donors (Lipinski definition) is 2. The highest BCUT2D eigenvalue weighted by Crippen LogP contribution is 2.12. The maximum absolute atomic E-state index is 11.1. The molecule has 1 unspecified atom stereocenters. The van der Waals surface area contributed by atoms with Crippen molar-refractivity contribution in [2.24, 2.45) is 0 Å². The van der Waals surface area contributed by atoms with E-state index in [0.29, 0.717) is 0 Å². The number of rotatable bonds is 5. The topological polar surface area (TPSA) is 71.1 Å². The van der Waals surface area contributed by atoms with Crippen molar-refractivity contribution in [3.05, 3.63) is 18.3 Å². The van der Waals surface area contributed by atoms with Crippen LogP contribution in [0.2, 0.25) is 0 Å². The van der Waals surface area contributed by atoms with Crippen LogP contribution in [0, 0.1) is 0 Å². The molecule has 0 spiro atoms. The highest BCUT2D eigenvalue weighted by atomic mass is 32.2. The number of pyridine rings is 1. The molecule has 6 heteroatoms. The third-order valence-corrected chi connectivity index (χ3v) is 3.09. The number of sulfone groups is 1. The fraction of sp³-hybridized carbons (Fsp3) is 0.500. The molecule has 0 bridgehead atoms. The molecule has 1 atom stereocenters. The van der Waals surface area contributed by atoms with Crippen molar-refractivity contribution in [2.75, 3.05) is 29.7 Å². The standard InChI is InChI=1S/C10H17N3O2S/c1-8(7-16(3,14)15)13-9-4-5-12-10(6-9)11-2/h4-6,8H,7H2,1-3H3,(H2,11,12,13). The van der Waals surface area contributed by atoms with Crippen LogP contribution in [0.5, 0.6) is 0 Å². The van der Waals surface area contributed by atoms with E-state index in [1.807, 2.05) is 13.0 Å². The summed E-state index contributed by atoms with van der Waals surface area (Å²) in [5.41, 5.74) is 0.857. The van der Waals surface area contributed by atoms with Gasteiger partial charge in [-0.1, -0.05) is 0 Å². The second-order valence-corrected chi connectivity index (χ2v) is 6.00. The third-order valence-electron chi connectivity index (χ3n) is 1.98. The summed E-state index contributed by atoms with van der Waals surface area (Å²) < 4.78 is 22.2. The van der Waals surface area contributed by atoms with E-state index in [-0.39, 0.29) is 11.8 Å². The highest BCUT2D eigenvalue weighted by Gasteiger charge is 2.10. The molecular weight excluding hydrogens is 226 g/mol. The largest absolute Gasteiger partial charge is 0.381 e. The second-order valence-electron chi connectivity index (χ2n) is 3.82. The van der Waals surface area contributed by atoms with Gasteiger partial charge in [0.1, 0.15) is 15.7 Å². The molecule has 0 saturated carbocycles. The van der Waals surface area contributed by atoms with Gasteiger partial charge in [-0.25, -0.2) is 13.4 Å². The fourth-order valence-electron chi connectivity index (χ4n) is 1.44. The molecule has 1 heterocycles. The Bertz CT molecular complexity index is 445. The van der Waals surface area contributed by atoms with Crippen LogP contribution >= 0.6 is 0 Å². The van der Waals surface area contributed by atoms with Crippen LogP contribution in [-0.2, 0) is 9.84 Å². The van der Waals surface area contributed by atoms with E-state index in [2.05, 4.69) is 15.6 Å². The maximum atomic E-state index is 11.1. The number of nitrogens with zero attached hydrogens (tertiary/aromatic N) is 1. The number of aromatic nitrogens is 1. The number of anilines is 2. The van der Waals surface area contributed by atoms with Gasteiger partial charge >= 0.3 is 0 Å². The van der Waals surface area contributed by atoms with E-state index in [4.69, 9.17) is 0 Å². The summed E-state index contributed by atoms with van der Waals surface area (Å²) in [6.07, 6.45) is 2.90. The van der Waals surface area contributed by atoms with Gasteiger partial charge in [0.05, 0.1) is 5.75 Å². The van der Waals surface area contributed by atoms with Crippen molar-refractivity contribution >= 4 is 21.3 Å². The zero-order chi connectivity index (χ0) is 12.2. The van der Waals surface area contributed by atoms with Gasteiger partial charge in [-0.3, -0.25) is 0 Å². The van der Waals surface area contributed by atoms with Gasteiger partial charge in [0.2, 0.25) is 0 Å². The predicted octanol–water partition coefficient (Wildman–Crippen LogP) is 0.968. The van der Waals surface area contributed by atoms with Crippen LogP contribution in [0.15, 0.2) is 18.3 Å². The Morgan fingerprint density at radius 3 is 2.75 bits per heavy atom. The fourth-order valence-corrected chi connectivity index (χ4v) is 2.43. The van der Waals surface area contributed by atoms with Crippen molar-refractivity contribution in [1.29, 1.82) is 0 Å². The van der Waals surface area contributed by atoms with Crippen LogP contribution in [0.3, 0.4) is 0 Å². The van der Waals surface area contributed by atoms with E-state index in [9.17, 15) is 8.42 Å². The van der Waals surface area contributed by atoms with Crippen LogP contribution in [0.4, 0.5) is 11.5 Å². The summed E-state index contributed by atoms with van der Waals surface area (Å²) in [5, 5.41) is 6.03. The Labute approximate surface area is 96.2 Å². The summed E-state index contributed by atoms with van der Waals surface area (Å²) in [6.45, 7) is 1.83. The summed E-state index contributed by atoms with van der Waals surface area (Å²) >= 11 is 0. The van der Waals surface area contributed by atoms with Crippen LogP contribution in [0.25, 0.3) is 0 Å². The van der Waals surface area contributed by atoms with Gasteiger partial charge in [0, 0.05) is 37.3 Å². The average molecular weight is 243 g/mol. The first kappa shape index (κ1) is 12.8. The molecule has 2 N–H and O–H groups in total. The summed E-state index contributed by atoms with van der Waals surface area (Å²) in [4.78, 5) is 4.07. The number of hydrogen-bond acceptors (Lipinski definition) is 5. The lowest BCUT2D eigenvalue weighted by Crippen LogP contribution is -2.25. The van der Waals surface area contributed by atoms with E-state index in [1.165, 1.54) is 6.26 Å². The van der Waals surface area contributed by atoms with Crippen molar-refractivity contribution in [1.82, 2.24) is 4.98 Å². The van der Waals surface area contributed by atoms with Gasteiger partial charge in [0.25, 0.3) is 0 Å². The zero-order valence-corrected chi connectivity index (χ0v) is 10.5.